The van der Waals surface area contributed by atoms with Crippen LogP contribution in [-0.4, -0.2) is 48.2 Å². The zero-order chi connectivity index (χ0) is 12.8. The molecule has 17 heavy (non-hydrogen) atoms. The number of hydrogen-bond donors (Lipinski definition) is 1. The van der Waals surface area contributed by atoms with Crippen LogP contribution in [0.25, 0.3) is 0 Å². The molecule has 1 unspecified atom stereocenters. The molecule has 0 saturated heterocycles. The van der Waals surface area contributed by atoms with Gasteiger partial charge < -0.3 is 14.9 Å². The molecule has 1 aromatic heterocycles. The maximum absolute atomic E-state index is 9.36. The smallest absolute Gasteiger partial charge is 0.0703 e. The van der Waals surface area contributed by atoms with Crippen LogP contribution in [0.2, 0.25) is 0 Å². The van der Waals surface area contributed by atoms with Crippen molar-refractivity contribution in [3.8, 4) is 0 Å². The predicted molar refractivity (Wildman–Crippen MR) is 71.2 cm³/mol. The number of aromatic nitrogens is 1. The van der Waals surface area contributed by atoms with Gasteiger partial charge in [0.05, 0.1) is 18.5 Å². The Morgan fingerprint density at radius 2 is 2.12 bits per heavy atom. The van der Waals surface area contributed by atoms with Crippen molar-refractivity contribution in [3.63, 3.8) is 0 Å². The lowest BCUT2D eigenvalue weighted by atomic mass is 10.1. The van der Waals surface area contributed by atoms with Gasteiger partial charge in [-0.3, -0.25) is 4.98 Å². The number of aliphatic hydroxyl groups excluding tert-OH is 1. The molecule has 0 fully saturated rings. The van der Waals surface area contributed by atoms with Crippen LogP contribution >= 0.6 is 0 Å². The third kappa shape index (κ3) is 3.68. The maximum Gasteiger partial charge on any atom is 0.0703 e. The molecule has 96 valence electrons. The summed E-state index contributed by atoms with van der Waals surface area (Å²) in [5, 5.41) is 9.36. The standard InChI is InChI=1S/C13H23N3O/c1-5-16(11(2)9-15(3)4)13-8-14-7-6-12(13)10-17/h6-8,11,17H,5,9-10H2,1-4H3. The summed E-state index contributed by atoms with van der Waals surface area (Å²) in [4.78, 5) is 8.60. The van der Waals surface area contributed by atoms with Crippen molar-refractivity contribution in [2.75, 3.05) is 32.1 Å². The Bertz CT molecular complexity index is 341. The summed E-state index contributed by atoms with van der Waals surface area (Å²) in [6.07, 6.45) is 3.56. The van der Waals surface area contributed by atoms with E-state index in [1.165, 1.54) is 0 Å². The molecule has 0 aliphatic carbocycles. The van der Waals surface area contributed by atoms with Gasteiger partial charge in [-0.25, -0.2) is 0 Å². The van der Waals surface area contributed by atoms with E-state index in [1.807, 2.05) is 12.3 Å². The number of anilines is 1. The van der Waals surface area contributed by atoms with Gasteiger partial charge in [-0.2, -0.15) is 0 Å². The fourth-order valence-corrected chi connectivity index (χ4v) is 2.15. The second kappa shape index (κ2) is 6.57. The fraction of sp³-hybridized carbons (Fsp3) is 0.615. The van der Waals surface area contributed by atoms with Gasteiger partial charge in [-0.05, 0) is 34.0 Å². The topological polar surface area (TPSA) is 39.6 Å². The summed E-state index contributed by atoms with van der Waals surface area (Å²) < 4.78 is 0. The molecule has 0 spiro atoms. The predicted octanol–water partition coefficient (Wildman–Crippen LogP) is 1.35. The third-order valence-corrected chi connectivity index (χ3v) is 2.87. The van der Waals surface area contributed by atoms with Gasteiger partial charge in [0.25, 0.3) is 0 Å². The lowest BCUT2D eigenvalue weighted by Crippen LogP contribution is -2.40. The SMILES string of the molecule is CCN(c1cnccc1CO)C(C)CN(C)C. The normalized spacial score (nSPS) is 12.8. The van der Waals surface area contributed by atoms with E-state index in [9.17, 15) is 5.11 Å². The molecule has 1 aromatic rings. The minimum Gasteiger partial charge on any atom is -0.392 e. The molecular formula is C13H23N3O. The van der Waals surface area contributed by atoms with Crippen LogP contribution in [0.15, 0.2) is 18.5 Å². The number of aliphatic hydroxyl groups is 1. The Morgan fingerprint density at radius 3 is 2.65 bits per heavy atom. The zero-order valence-corrected chi connectivity index (χ0v) is 11.2. The molecule has 0 aliphatic heterocycles. The Hall–Kier alpha value is -1.13. The average molecular weight is 237 g/mol. The lowest BCUT2D eigenvalue weighted by Gasteiger charge is -2.33. The highest BCUT2D eigenvalue weighted by atomic mass is 16.3. The second-order valence-electron chi connectivity index (χ2n) is 4.56. The van der Waals surface area contributed by atoms with Crippen molar-refractivity contribution < 1.29 is 5.11 Å². The van der Waals surface area contributed by atoms with Crippen molar-refractivity contribution in [2.45, 2.75) is 26.5 Å². The molecule has 1 heterocycles. The van der Waals surface area contributed by atoms with Crippen LogP contribution in [0.1, 0.15) is 19.4 Å². The van der Waals surface area contributed by atoms with Crippen molar-refractivity contribution >= 4 is 5.69 Å². The maximum atomic E-state index is 9.36. The summed E-state index contributed by atoms with van der Waals surface area (Å²) in [5.41, 5.74) is 1.97. The summed E-state index contributed by atoms with van der Waals surface area (Å²) in [6.45, 7) is 6.27. The first-order valence-electron chi connectivity index (χ1n) is 6.05. The Balaban J connectivity index is 2.92. The van der Waals surface area contributed by atoms with Crippen LogP contribution < -0.4 is 4.90 Å². The molecule has 4 heteroatoms. The van der Waals surface area contributed by atoms with Crippen LogP contribution in [0.4, 0.5) is 5.69 Å². The number of pyridine rings is 1. The van der Waals surface area contributed by atoms with E-state index in [4.69, 9.17) is 0 Å². The van der Waals surface area contributed by atoms with Gasteiger partial charge in [0, 0.05) is 30.9 Å². The van der Waals surface area contributed by atoms with Crippen molar-refractivity contribution in [3.05, 3.63) is 24.0 Å². The van der Waals surface area contributed by atoms with Crippen molar-refractivity contribution in [1.29, 1.82) is 0 Å². The zero-order valence-electron chi connectivity index (χ0n) is 11.2. The monoisotopic (exact) mass is 237 g/mol. The number of nitrogens with zero attached hydrogens (tertiary/aromatic N) is 3. The lowest BCUT2D eigenvalue weighted by molar-refractivity contribution is 0.281. The molecule has 1 atom stereocenters. The third-order valence-electron chi connectivity index (χ3n) is 2.87. The summed E-state index contributed by atoms with van der Waals surface area (Å²) in [7, 11) is 4.14. The van der Waals surface area contributed by atoms with E-state index in [0.717, 1.165) is 24.3 Å². The molecule has 1 N–H and O–H groups in total. The minimum absolute atomic E-state index is 0.0586. The average Bonchev–Trinajstić information content (AvgIpc) is 2.29. The first-order valence-corrected chi connectivity index (χ1v) is 6.05. The summed E-state index contributed by atoms with van der Waals surface area (Å²) >= 11 is 0. The first kappa shape index (κ1) is 13.9. The van der Waals surface area contributed by atoms with Gasteiger partial charge >= 0.3 is 0 Å². The highest BCUT2D eigenvalue weighted by Crippen LogP contribution is 2.21. The first-order chi connectivity index (χ1) is 8.10. The second-order valence-corrected chi connectivity index (χ2v) is 4.56. The van der Waals surface area contributed by atoms with Crippen LogP contribution in [-0.2, 0) is 6.61 Å². The largest absolute Gasteiger partial charge is 0.392 e. The van der Waals surface area contributed by atoms with Gasteiger partial charge in [0.1, 0.15) is 0 Å². The van der Waals surface area contributed by atoms with Gasteiger partial charge in [0.15, 0.2) is 0 Å². The molecule has 0 saturated carbocycles. The molecule has 0 aromatic carbocycles. The molecule has 4 nitrogen and oxygen atoms in total. The molecule has 0 amide bonds. The van der Waals surface area contributed by atoms with Crippen molar-refractivity contribution in [2.24, 2.45) is 0 Å². The molecule has 1 rings (SSSR count). The Morgan fingerprint density at radius 1 is 1.41 bits per heavy atom. The molecular weight excluding hydrogens is 214 g/mol. The Kier molecular flexibility index (Phi) is 5.38. The molecule has 0 aliphatic rings. The van der Waals surface area contributed by atoms with Crippen LogP contribution in [0.3, 0.4) is 0 Å². The molecule has 0 radical (unpaired) electrons. The van der Waals surface area contributed by atoms with E-state index >= 15 is 0 Å². The van der Waals surface area contributed by atoms with E-state index in [2.05, 4.69) is 42.7 Å². The van der Waals surface area contributed by atoms with Gasteiger partial charge in [0.2, 0.25) is 0 Å². The summed E-state index contributed by atoms with van der Waals surface area (Å²) in [5.74, 6) is 0. The van der Waals surface area contributed by atoms with Crippen LogP contribution in [0, 0.1) is 0 Å². The van der Waals surface area contributed by atoms with E-state index < -0.39 is 0 Å². The number of rotatable bonds is 6. The Labute approximate surface area is 104 Å². The highest BCUT2D eigenvalue weighted by Gasteiger charge is 2.16. The highest BCUT2D eigenvalue weighted by molar-refractivity contribution is 5.52. The van der Waals surface area contributed by atoms with E-state index in [-0.39, 0.29) is 6.61 Å². The quantitative estimate of drug-likeness (QED) is 0.810. The number of likely N-dealkylation sites (N-methyl/N-ethyl adjacent to an activating group) is 2. The minimum atomic E-state index is 0.0586. The van der Waals surface area contributed by atoms with E-state index in [0.29, 0.717) is 6.04 Å². The van der Waals surface area contributed by atoms with Gasteiger partial charge in [-0.1, -0.05) is 0 Å². The number of hydrogen-bond acceptors (Lipinski definition) is 4. The summed E-state index contributed by atoms with van der Waals surface area (Å²) in [6, 6.07) is 2.27. The van der Waals surface area contributed by atoms with E-state index in [1.54, 1.807) is 6.20 Å². The molecule has 0 bridgehead atoms. The fourth-order valence-electron chi connectivity index (χ4n) is 2.15. The van der Waals surface area contributed by atoms with Crippen LogP contribution in [0.5, 0.6) is 0 Å². The van der Waals surface area contributed by atoms with Crippen molar-refractivity contribution in [1.82, 2.24) is 9.88 Å². The van der Waals surface area contributed by atoms with Gasteiger partial charge in [-0.15, -0.1) is 0 Å².